The largest absolute Gasteiger partial charge is 0.356 e. The number of carbonyl (C=O) groups is 1. The molecule has 2 amide bonds. The quantitative estimate of drug-likeness (QED) is 0.332. The highest BCUT2D eigenvalue weighted by molar-refractivity contribution is 6.88. The summed E-state index contributed by atoms with van der Waals surface area (Å²) in [5.41, 5.74) is 7.90. The van der Waals surface area contributed by atoms with E-state index in [1.807, 2.05) is 17.0 Å². The molecule has 0 saturated heterocycles. The van der Waals surface area contributed by atoms with E-state index < -0.39 is 8.07 Å². The Morgan fingerprint density at radius 1 is 0.971 bits per heavy atom. The smallest absolute Gasteiger partial charge is 0.322 e. The molecule has 2 heterocycles. The highest BCUT2D eigenvalue weighted by Gasteiger charge is 2.35. The molecule has 2 N–H and O–H groups in total. The van der Waals surface area contributed by atoms with Gasteiger partial charge < -0.3 is 15.2 Å². The minimum absolute atomic E-state index is 0.0577. The predicted molar refractivity (Wildman–Crippen MR) is 145 cm³/mol. The van der Waals surface area contributed by atoms with E-state index in [0.717, 1.165) is 34.4 Å². The number of aromatic nitrogens is 1. The molecule has 0 spiro atoms. The third-order valence-electron chi connectivity index (χ3n) is 6.84. The molecule has 1 aromatic heterocycles. The molecule has 1 atom stereocenters. The zero-order chi connectivity index (χ0) is 24.0. The number of aryl methyl sites for hydroxylation is 2. The molecule has 0 fully saturated rings. The first-order valence-electron chi connectivity index (χ1n) is 12.1. The number of hydrogen-bond acceptors (Lipinski definition) is 1. The highest BCUT2D eigenvalue weighted by atomic mass is 28.3. The number of nitrogens with zero attached hydrogens (tertiary/aromatic N) is 1. The average Bonchev–Trinajstić information content (AvgIpc) is 3.16. The molecule has 0 aliphatic carbocycles. The van der Waals surface area contributed by atoms with Crippen molar-refractivity contribution in [1.29, 1.82) is 0 Å². The lowest BCUT2D eigenvalue weighted by molar-refractivity contribution is 0.193. The lowest BCUT2D eigenvalue weighted by Crippen LogP contribution is -2.44. The summed E-state index contributed by atoms with van der Waals surface area (Å²) in [7, 11) is -1.50. The molecule has 0 radical (unpaired) electrons. The van der Waals surface area contributed by atoms with Crippen LogP contribution in [0.5, 0.6) is 0 Å². The van der Waals surface area contributed by atoms with Crippen LogP contribution in [0.4, 0.5) is 10.5 Å². The number of carbonyl (C=O) groups excluding carboxylic acids is 1. The minimum Gasteiger partial charge on any atom is -0.356 e. The molecule has 1 aliphatic rings. The van der Waals surface area contributed by atoms with E-state index in [9.17, 15) is 4.79 Å². The van der Waals surface area contributed by atoms with Gasteiger partial charge in [0.25, 0.3) is 0 Å². The number of rotatable bonds is 3. The fourth-order valence-corrected chi connectivity index (χ4v) is 6.42. The van der Waals surface area contributed by atoms with Gasteiger partial charge in [0.2, 0.25) is 0 Å². The van der Waals surface area contributed by atoms with Crippen molar-refractivity contribution in [3.8, 4) is 0 Å². The van der Waals surface area contributed by atoms with Crippen molar-refractivity contribution < 1.29 is 4.79 Å². The molecule has 3 aromatic carbocycles. The van der Waals surface area contributed by atoms with Gasteiger partial charge in [-0.15, -0.1) is 0 Å². The van der Waals surface area contributed by atoms with Gasteiger partial charge in [0.05, 0.1) is 14.1 Å². The van der Waals surface area contributed by atoms with E-state index in [1.165, 1.54) is 21.7 Å². The number of amides is 2. The van der Waals surface area contributed by atoms with Gasteiger partial charge in [-0.05, 0) is 60.7 Å². The number of benzene rings is 3. The van der Waals surface area contributed by atoms with E-state index >= 15 is 0 Å². The third-order valence-corrected chi connectivity index (χ3v) is 8.88. The zero-order valence-corrected chi connectivity index (χ0v) is 21.7. The predicted octanol–water partition coefficient (Wildman–Crippen LogP) is 6.51. The topological polar surface area (TPSA) is 48.1 Å². The summed E-state index contributed by atoms with van der Waals surface area (Å²) in [6.45, 7) is 11.9. The van der Waals surface area contributed by atoms with Crippen molar-refractivity contribution >= 4 is 35.9 Å². The number of nitrogens with one attached hydrogen (secondary N) is 2. The maximum Gasteiger partial charge on any atom is 0.322 e. The lowest BCUT2D eigenvalue weighted by atomic mass is 9.92. The zero-order valence-electron chi connectivity index (χ0n) is 20.7. The van der Waals surface area contributed by atoms with Crippen LogP contribution in [0.1, 0.15) is 34.0 Å². The second-order valence-electron chi connectivity index (χ2n) is 10.6. The van der Waals surface area contributed by atoms with Crippen molar-refractivity contribution in [2.45, 2.75) is 46.0 Å². The van der Waals surface area contributed by atoms with Crippen molar-refractivity contribution in [2.75, 3.05) is 11.9 Å². The van der Waals surface area contributed by atoms with Crippen LogP contribution in [0.25, 0.3) is 10.9 Å². The standard InChI is InChI=1S/C29H33N3OSi/c1-19-15-20(2)17-22(16-19)30-29(33)32-14-13-25-24-11-6-7-12-26(24)31-27(25)28(32)21-9-8-10-23(18-21)34(3,4)5/h6-12,15-18,28,31H,13-14H2,1-5H3,(H,30,33). The number of fused-ring (bicyclic) bond motifs is 3. The third kappa shape index (κ3) is 4.16. The second-order valence-corrected chi connectivity index (χ2v) is 15.7. The van der Waals surface area contributed by atoms with Crippen LogP contribution in [0.3, 0.4) is 0 Å². The van der Waals surface area contributed by atoms with E-state index in [-0.39, 0.29) is 12.1 Å². The Morgan fingerprint density at radius 2 is 1.71 bits per heavy atom. The van der Waals surface area contributed by atoms with Crippen LogP contribution in [0, 0.1) is 13.8 Å². The Kier molecular flexibility index (Phi) is 5.60. The van der Waals surface area contributed by atoms with Crippen molar-refractivity contribution in [3.63, 3.8) is 0 Å². The Labute approximate surface area is 203 Å². The van der Waals surface area contributed by atoms with Crippen LogP contribution in [0.15, 0.2) is 66.7 Å². The van der Waals surface area contributed by atoms with Crippen LogP contribution in [-0.2, 0) is 6.42 Å². The summed E-state index contributed by atoms with van der Waals surface area (Å²) >= 11 is 0. The first-order chi connectivity index (χ1) is 16.2. The highest BCUT2D eigenvalue weighted by Crippen LogP contribution is 2.38. The first-order valence-corrected chi connectivity index (χ1v) is 15.6. The number of urea groups is 1. The van der Waals surface area contributed by atoms with E-state index in [0.29, 0.717) is 6.54 Å². The van der Waals surface area contributed by atoms with E-state index in [1.54, 1.807) is 0 Å². The molecular weight excluding hydrogens is 434 g/mol. The van der Waals surface area contributed by atoms with Gasteiger partial charge in [0.1, 0.15) is 0 Å². The van der Waals surface area contributed by atoms with Crippen molar-refractivity contribution in [2.24, 2.45) is 0 Å². The summed E-state index contributed by atoms with van der Waals surface area (Å²) in [6.07, 6.45) is 0.837. The van der Waals surface area contributed by atoms with Crippen LogP contribution in [0.2, 0.25) is 19.6 Å². The molecule has 0 saturated carbocycles. The number of anilines is 1. The molecule has 0 bridgehead atoms. The number of aromatic amines is 1. The van der Waals surface area contributed by atoms with E-state index in [4.69, 9.17) is 0 Å². The van der Waals surface area contributed by atoms with Gasteiger partial charge in [-0.25, -0.2) is 4.79 Å². The Hall–Kier alpha value is -3.31. The maximum absolute atomic E-state index is 13.7. The molecule has 5 heteroatoms. The fraction of sp³-hybridized carbons (Fsp3) is 0.276. The monoisotopic (exact) mass is 467 g/mol. The fourth-order valence-electron chi connectivity index (χ4n) is 5.22. The maximum atomic E-state index is 13.7. The van der Waals surface area contributed by atoms with Crippen molar-refractivity contribution in [3.05, 3.63) is 94.7 Å². The lowest BCUT2D eigenvalue weighted by Gasteiger charge is -2.36. The second kappa shape index (κ2) is 8.48. The van der Waals surface area contributed by atoms with Crippen LogP contribution >= 0.6 is 0 Å². The van der Waals surface area contributed by atoms with Gasteiger partial charge in [0, 0.05) is 28.8 Å². The van der Waals surface area contributed by atoms with Crippen LogP contribution in [-0.4, -0.2) is 30.5 Å². The summed E-state index contributed by atoms with van der Waals surface area (Å²) < 4.78 is 0. The summed E-state index contributed by atoms with van der Waals surface area (Å²) in [5, 5.41) is 5.85. The van der Waals surface area contributed by atoms with Gasteiger partial charge in [-0.3, -0.25) is 0 Å². The Balaban J connectivity index is 1.60. The Morgan fingerprint density at radius 3 is 2.44 bits per heavy atom. The van der Waals surface area contributed by atoms with Gasteiger partial charge in [-0.1, -0.05) is 73.4 Å². The average molecular weight is 468 g/mol. The molecule has 5 rings (SSSR count). The first kappa shape index (κ1) is 22.5. The van der Waals surface area contributed by atoms with Gasteiger partial charge in [0.15, 0.2) is 0 Å². The molecule has 4 aromatic rings. The summed E-state index contributed by atoms with van der Waals surface area (Å²) in [6, 6.07) is 23.3. The summed E-state index contributed by atoms with van der Waals surface area (Å²) in [5.74, 6) is 0. The number of H-pyrrole nitrogens is 1. The number of hydrogen-bond donors (Lipinski definition) is 2. The van der Waals surface area contributed by atoms with Crippen LogP contribution < -0.4 is 10.5 Å². The van der Waals surface area contributed by atoms with Crippen molar-refractivity contribution in [1.82, 2.24) is 9.88 Å². The molecule has 4 nitrogen and oxygen atoms in total. The van der Waals surface area contributed by atoms with Gasteiger partial charge >= 0.3 is 6.03 Å². The SMILES string of the molecule is Cc1cc(C)cc(NC(=O)N2CCc3c([nH]c4ccccc34)C2c2cccc([Si](C)(C)C)c2)c1. The van der Waals surface area contributed by atoms with E-state index in [2.05, 4.69) is 98.4 Å². The van der Waals surface area contributed by atoms with Gasteiger partial charge in [-0.2, -0.15) is 0 Å². The molecule has 1 aliphatic heterocycles. The number of para-hydroxylation sites is 1. The molecule has 1 unspecified atom stereocenters. The molecule has 174 valence electrons. The minimum atomic E-state index is -1.50. The Bertz CT molecular complexity index is 1360. The summed E-state index contributed by atoms with van der Waals surface area (Å²) in [4.78, 5) is 19.4. The molecule has 34 heavy (non-hydrogen) atoms. The molecular formula is C29H33N3OSi. The normalized spacial score (nSPS) is 15.9.